The highest BCUT2D eigenvalue weighted by molar-refractivity contribution is 9.10. The van der Waals surface area contributed by atoms with Gasteiger partial charge in [-0.3, -0.25) is 9.59 Å². The summed E-state index contributed by atoms with van der Waals surface area (Å²) in [5, 5.41) is 0. The lowest BCUT2D eigenvalue weighted by atomic mass is 9.90. The van der Waals surface area contributed by atoms with Crippen LogP contribution in [-0.4, -0.2) is 53.9 Å². The van der Waals surface area contributed by atoms with Crippen LogP contribution in [0.2, 0.25) is 0 Å². The van der Waals surface area contributed by atoms with Gasteiger partial charge in [-0.25, -0.2) is 0 Å². The second-order valence-electron chi connectivity index (χ2n) is 8.42. The molecule has 0 unspecified atom stereocenters. The number of hydrogen-bond donors (Lipinski definition) is 0. The van der Waals surface area contributed by atoms with Crippen LogP contribution in [0.4, 0.5) is 0 Å². The largest absolute Gasteiger partial charge is 0.487 e. The SMILES string of the molecule is CN1CCCCN(C(=O)c2ccccc2Br)[C@@H]2CCCC[C@@H]2Oc2ccccc2C1=O. The summed E-state index contributed by atoms with van der Waals surface area (Å²) >= 11 is 3.55. The normalized spacial score (nSPS) is 22.5. The summed E-state index contributed by atoms with van der Waals surface area (Å²) < 4.78 is 7.30. The third kappa shape index (κ3) is 4.79. The number of hydrogen-bond acceptors (Lipinski definition) is 3. The van der Waals surface area contributed by atoms with Crippen LogP contribution < -0.4 is 4.74 Å². The fraction of sp³-hybridized carbons (Fsp3) is 0.440. The predicted molar refractivity (Wildman–Crippen MR) is 124 cm³/mol. The Kier molecular flexibility index (Phi) is 6.96. The van der Waals surface area contributed by atoms with Crippen molar-refractivity contribution in [3.05, 3.63) is 64.1 Å². The molecule has 5 nitrogen and oxygen atoms in total. The van der Waals surface area contributed by atoms with Gasteiger partial charge in [0.25, 0.3) is 11.8 Å². The zero-order chi connectivity index (χ0) is 21.8. The molecule has 2 aliphatic rings. The van der Waals surface area contributed by atoms with Gasteiger partial charge in [0.05, 0.1) is 17.2 Å². The lowest BCUT2D eigenvalue weighted by Gasteiger charge is -2.40. The van der Waals surface area contributed by atoms with Gasteiger partial charge in [0.15, 0.2) is 0 Å². The van der Waals surface area contributed by atoms with Crippen molar-refractivity contribution < 1.29 is 14.3 Å². The average Bonchev–Trinajstić information content (AvgIpc) is 2.79. The fourth-order valence-corrected chi connectivity index (χ4v) is 5.08. The van der Waals surface area contributed by atoms with Crippen molar-refractivity contribution in [3.8, 4) is 5.75 Å². The Bertz CT molecular complexity index is 948. The van der Waals surface area contributed by atoms with Crippen LogP contribution in [0.15, 0.2) is 53.0 Å². The van der Waals surface area contributed by atoms with Gasteiger partial charge >= 0.3 is 0 Å². The molecule has 31 heavy (non-hydrogen) atoms. The molecule has 2 amide bonds. The maximum Gasteiger partial charge on any atom is 0.257 e. The van der Waals surface area contributed by atoms with Crippen molar-refractivity contribution in [2.75, 3.05) is 20.1 Å². The molecule has 1 aliphatic carbocycles. The number of para-hydroxylation sites is 1. The minimum absolute atomic E-state index is 0.00586. The van der Waals surface area contributed by atoms with E-state index in [0.717, 1.165) is 43.0 Å². The molecule has 0 spiro atoms. The third-order valence-corrected chi connectivity index (χ3v) is 7.01. The number of benzene rings is 2. The van der Waals surface area contributed by atoms with Gasteiger partial charge in [0, 0.05) is 24.6 Å². The van der Waals surface area contributed by atoms with E-state index in [1.165, 1.54) is 0 Å². The van der Waals surface area contributed by atoms with Crippen molar-refractivity contribution in [2.45, 2.75) is 50.7 Å². The number of amides is 2. The summed E-state index contributed by atoms with van der Waals surface area (Å²) in [6.45, 7) is 1.31. The Hall–Kier alpha value is -2.34. The summed E-state index contributed by atoms with van der Waals surface area (Å²) in [4.78, 5) is 30.4. The first kappa shape index (κ1) is 21.9. The van der Waals surface area contributed by atoms with Crippen molar-refractivity contribution in [2.24, 2.45) is 0 Å². The lowest BCUT2D eigenvalue weighted by molar-refractivity contribution is 0.0260. The zero-order valence-corrected chi connectivity index (χ0v) is 19.5. The van der Waals surface area contributed by atoms with Gasteiger partial charge in [-0.05, 0) is 72.3 Å². The van der Waals surface area contributed by atoms with Crippen LogP contribution >= 0.6 is 15.9 Å². The van der Waals surface area contributed by atoms with Crippen molar-refractivity contribution in [3.63, 3.8) is 0 Å². The highest BCUT2D eigenvalue weighted by atomic mass is 79.9. The molecule has 164 valence electrons. The number of rotatable bonds is 1. The van der Waals surface area contributed by atoms with Crippen LogP contribution in [0.25, 0.3) is 0 Å². The second kappa shape index (κ2) is 9.86. The van der Waals surface area contributed by atoms with Crippen LogP contribution in [-0.2, 0) is 0 Å². The van der Waals surface area contributed by atoms with Gasteiger partial charge in [-0.1, -0.05) is 30.7 Å². The zero-order valence-electron chi connectivity index (χ0n) is 17.9. The quantitative estimate of drug-likeness (QED) is 0.562. The van der Waals surface area contributed by atoms with E-state index in [9.17, 15) is 9.59 Å². The van der Waals surface area contributed by atoms with E-state index >= 15 is 0 Å². The van der Waals surface area contributed by atoms with Gasteiger partial charge in [-0.2, -0.15) is 0 Å². The van der Waals surface area contributed by atoms with Crippen LogP contribution in [0.1, 0.15) is 59.2 Å². The summed E-state index contributed by atoms with van der Waals surface area (Å²) in [6, 6.07) is 15.1. The molecule has 0 N–H and O–H groups in total. The minimum atomic E-state index is -0.126. The van der Waals surface area contributed by atoms with E-state index in [1.54, 1.807) is 4.90 Å². The van der Waals surface area contributed by atoms with Crippen LogP contribution in [0.3, 0.4) is 0 Å². The Balaban J connectivity index is 1.70. The molecule has 0 aromatic heterocycles. The molecule has 0 radical (unpaired) electrons. The monoisotopic (exact) mass is 484 g/mol. The van der Waals surface area contributed by atoms with E-state index in [4.69, 9.17) is 4.74 Å². The highest BCUT2D eigenvalue weighted by Crippen LogP contribution is 2.32. The average molecular weight is 485 g/mol. The molecule has 2 atom stereocenters. The molecule has 1 saturated carbocycles. The summed E-state index contributed by atoms with van der Waals surface area (Å²) in [7, 11) is 1.83. The molecule has 1 heterocycles. The summed E-state index contributed by atoms with van der Waals surface area (Å²) in [6.07, 6.45) is 5.50. The first-order chi connectivity index (χ1) is 15.1. The van der Waals surface area contributed by atoms with Gasteiger partial charge in [0.1, 0.15) is 11.9 Å². The van der Waals surface area contributed by atoms with E-state index in [0.29, 0.717) is 30.0 Å². The molecule has 6 heteroatoms. The number of fused-ring (bicyclic) bond motifs is 2. The van der Waals surface area contributed by atoms with Crippen molar-refractivity contribution >= 4 is 27.7 Å². The maximum absolute atomic E-state index is 13.6. The van der Waals surface area contributed by atoms with Crippen LogP contribution in [0, 0.1) is 0 Å². The number of halogens is 1. The van der Waals surface area contributed by atoms with Crippen molar-refractivity contribution in [1.29, 1.82) is 0 Å². The predicted octanol–water partition coefficient (Wildman–Crippen LogP) is 5.15. The summed E-state index contributed by atoms with van der Waals surface area (Å²) in [5.41, 5.74) is 1.28. The number of carbonyl (C=O) groups excluding carboxylic acids is 2. The maximum atomic E-state index is 13.6. The third-order valence-electron chi connectivity index (χ3n) is 6.32. The molecule has 1 fully saturated rings. The minimum Gasteiger partial charge on any atom is -0.487 e. The van der Waals surface area contributed by atoms with Gasteiger partial charge in [-0.15, -0.1) is 0 Å². The van der Waals surface area contributed by atoms with Crippen molar-refractivity contribution in [1.82, 2.24) is 9.80 Å². The van der Waals surface area contributed by atoms with E-state index in [2.05, 4.69) is 15.9 Å². The van der Waals surface area contributed by atoms with E-state index < -0.39 is 0 Å². The molecule has 4 rings (SSSR count). The summed E-state index contributed by atoms with van der Waals surface area (Å²) in [5.74, 6) is 0.651. The fourth-order valence-electron chi connectivity index (χ4n) is 4.63. The molecule has 0 saturated heterocycles. The molecule has 1 aliphatic heterocycles. The smallest absolute Gasteiger partial charge is 0.257 e. The molecule has 2 aromatic carbocycles. The van der Waals surface area contributed by atoms with E-state index in [1.807, 2.05) is 60.5 Å². The number of nitrogens with zero attached hydrogens (tertiary/aromatic N) is 2. The molecular weight excluding hydrogens is 456 g/mol. The Labute approximate surface area is 192 Å². The Morgan fingerprint density at radius 3 is 2.52 bits per heavy atom. The standard InChI is InChI=1S/C25H29BrN2O3/c1-27-16-8-9-17-28(25(30)18-10-2-4-12-20(18)26)21-13-5-7-15-23(21)31-22-14-6-3-11-19(22)24(27)29/h2-4,6,10-12,14,21,23H,5,7-9,13,15-17H2,1H3/t21-,23+/m1/s1. The van der Waals surface area contributed by atoms with Crippen LogP contribution in [0.5, 0.6) is 5.75 Å². The Morgan fingerprint density at radius 2 is 1.68 bits per heavy atom. The lowest BCUT2D eigenvalue weighted by Crippen LogP contribution is -2.51. The molecule has 2 aromatic rings. The molecule has 0 bridgehead atoms. The second-order valence-corrected chi connectivity index (χ2v) is 9.27. The number of ether oxygens (including phenoxy) is 1. The molecular formula is C25H29BrN2O3. The highest BCUT2D eigenvalue weighted by Gasteiger charge is 2.36. The first-order valence-electron chi connectivity index (χ1n) is 11.1. The van der Waals surface area contributed by atoms with Gasteiger partial charge < -0.3 is 14.5 Å². The Morgan fingerprint density at radius 1 is 0.968 bits per heavy atom. The number of carbonyl (C=O) groups is 2. The first-order valence-corrected chi connectivity index (χ1v) is 11.9. The topological polar surface area (TPSA) is 49.9 Å². The van der Waals surface area contributed by atoms with E-state index in [-0.39, 0.29) is 24.0 Å². The van der Waals surface area contributed by atoms with Gasteiger partial charge in [0.2, 0.25) is 0 Å².